The first-order chi connectivity index (χ1) is 5.29. The first-order valence-electron chi connectivity index (χ1n) is 2.90. The molecule has 0 aliphatic carbocycles. The lowest BCUT2D eigenvalue weighted by atomic mass is 10.4. The van der Waals surface area contributed by atoms with Crippen LogP contribution < -0.4 is 5.56 Å². The summed E-state index contributed by atoms with van der Waals surface area (Å²) in [4.78, 5) is 11.0. The molecule has 0 atom stereocenters. The highest BCUT2D eigenvalue weighted by Gasteiger charge is 2.05. The van der Waals surface area contributed by atoms with E-state index in [1.807, 2.05) is 0 Å². The van der Waals surface area contributed by atoms with Crippen LogP contribution in [0.25, 0.3) is 11.0 Å². The first-order valence-corrected chi connectivity index (χ1v) is 3.28. The zero-order chi connectivity index (χ0) is 7.84. The van der Waals surface area contributed by atoms with Crippen LogP contribution >= 0.6 is 11.6 Å². The predicted molar refractivity (Wildman–Crippen MR) is 39.6 cm³/mol. The average molecular weight is 171 g/mol. The van der Waals surface area contributed by atoms with Crippen LogP contribution in [0.3, 0.4) is 0 Å². The van der Waals surface area contributed by atoms with Crippen molar-refractivity contribution in [1.82, 2.24) is 10.2 Å². The second-order valence-corrected chi connectivity index (χ2v) is 2.36. The summed E-state index contributed by atoms with van der Waals surface area (Å²) in [7, 11) is 0. The number of halogens is 1. The number of aromatic amines is 1. The third-order valence-corrected chi connectivity index (χ3v) is 1.61. The molecule has 0 spiro atoms. The third-order valence-electron chi connectivity index (χ3n) is 1.35. The minimum absolute atomic E-state index is 0.171. The maximum Gasteiger partial charge on any atom is 0.275 e. The van der Waals surface area contributed by atoms with Gasteiger partial charge in [-0.05, 0) is 6.07 Å². The van der Waals surface area contributed by atoms with Crippen molar-refractivity contribution in [2.24, 2.45) is 0 Å². The van der Waals surface area contributed by atoms with Crippen molar-refractivity contribution in [1.29, 1.82) is 0 Å². The van der Waals surface area contributed by atoms with E-state index in [4.69, 9.17) is 16.0 Å². The average Bonchev–Trinajstić information content (AvgIpc) is 2.45. The Balaban J connectivity index is 3.08. The Labute approximate surface area is 65.8 Å². The topological polar surface area (TPSA) is 58.9 Å². The molecule has 0 bridgehead atoms. The number of nitrogens with one attached hydrogen (secondary N) is 1. The highest BCUT2D eigenvalue weighted by atomic mass is 35.5. The summed E-state index contributed by atoms with van der Waals surface area (Å²) in [6.07, 6.45) is 1.40. The second-order valence-electron chi connectivity index (χ2n) is 2.01. The van der Waals surface area contributed by atoms with Crippen LogP contribution in [0, 0.1) is 0 Å². The van der Waals surface area contributed by atoms with E-state index < -0.39 is 0 Å². The minimum atomic E-state index is -0.293. The van der Waals surface area contributed by atoms with Gasteiger partial charge in [-0.25, -0.2) is 5.10 Å². The van der Waals surface area contributed by atoms with Gasteiger partial charge in [0, 0.05) is 0 Å². The maximum atomic E-state index is 11.0. The van der Waals surface area contributed by atoms with E-state index in [2.05, 4.69) is 10.2 Å². The van der Waals surface area contributed by atoms with Gasteiger partial charge in [-0.15, -0.1) is 0 Å². The van der Waals surface area contributed by atoms with Crippen LogP contribution in [0.4, 0.5) is 0 Å². The molecule has 0 unspecified atom stereocenters. The Morgan fingerprint density at radius 3 is 3.18 bits per heavy atom. The number of aromatic nitrogens is 2. The Morgan fingerprint density at radius 2 is 2.45 bits per heavy atom. The van der Waals surface area contributed by atoms with Crippen LogP contribution in [-0.4, -0.2) is 10.2 Å². The van der Waals surface area contributed by atoms with Gasteiger partial charge in [-0.1, -0.05) is 11.6 Å². The van der Waals surface area contributed by atoms with Crippen LogP contribution in [0.1, 0.15) is 0 Å². The zero-order valence-electron chi connectivity index (χ0n) is 5.30. The van der Waals surface area contributed by atoms with Crippen molar-refractivity contribution in [2.75, 3.05) is 0 Å². The van der Waals surface area contributed by atoms with E-state index in [-0.39, 0.29) is 10.7 Å². The quantitative estimate of drug-likeness (QED) is 0.646. The summed E-state index contributed by atoms with van der Waals surface area (Å²) < 4.78 is 4.92. The van der Waals surface area contributed by atoms with Gasteiger partial charge < -0.3 is 4.42 Å². The number of hydrogen-bond acceptors (Lipinski definition) is 3. The molecular formula is C6H3ClN2O2. The Hall–Kier alpha value is -1.29. The van der Waals surface area contributed by atoms with E-state index in [1.54, 1.807) is 6.07 Å². The number of fused-ring (bicyclic) bond motifs is 1. The normalized spacial score (nSPS) is 10.6. The van der Waals surface area contributed by atoms with Crippen molar-refractivity contribution in [2.45, 2.75) is 0 Å². The summed E-state index contributed by atoms with van der Waals surface area (Å²) in [5.41, 5.74) is 0.0357. The largest absolute Gasteiger partial charge is 0.461 e. The highest BCUT2D eigenvalue weighted by Crippen LogP contribution is 2.17. The van der Waals surface area contributed by atoms with E-state index >= 15 is 0 Å². The van der Waals surface area contributed by atoms with E-state index in [0.717, 1.165) is 0 Å². The van der Waals surface area contributed by atoms with Gasteiger partial charge in [0.15, 0.2) is 10.7 Å². The van der Waals surface area contributed by atoms with Crippen LogP contribution in [0.15, 0.2) is 21.5 Å². The molecule has 1 N–H and O–H groups in total. The number of rotatable bonds is 0. The molecule has 2 heterocycles. The molecule has 0 amide bonds. The van der Waals surface area contributed by atoms with E-state index in [0.29, 0.717) is 11.0 Å². The van der Waals surface area contributed by atoms with Gasteiger partial charge in [0.05, 0.1) is 11.6 Å². The molecule has 0 radical (unpaired) electrons. The summed E-state index contributed by atoms with van der Waals surface area (Å²) >= 11 is 5.60. The molecule has 2 aromatic heterocycles. The molecule has 0 aliphatic rings. The van der Waals surface area contributed by atoms with Gasteiger partial charge in [-0.2, -0.15) is 5.10 Å². The molecule has 0 aromatic carbocycles. The fourth-order valence-corrected chi connectivity index (χ4v) is 1.05. The SMILES string of the molecule is O=c1[nH]nc(Cl)c2occc12. The van der Waals surface area contributed by atoms with Crippen molar-refractivity contribution >= 4 is 22.6 Å². The van der Waals surface area contributed by atoms with Crippen LogP contribution in [-0.2, 0) is 0 Å². The number of nitrogens with zero attached hydrogens (tertiary/aromatic N) is 1. The molecule has 2 aromatic rings. The van der Waals surface area contributed by atoms with Crippen molar-refractivity contribution in [3.05, 3.63) is 27.8 Å². The zero-order valence-corrected chi connectivity index (χ0v) is 6.05. The maximum absolute atomic E-state index is 11.0. The van der Waals surface area contributed by atoms with Crippen molar-refractivity contribution < 1.29 is 4.42 Å². The molecule has 4 nitrogen and oxygen atoms in total. The highest BCUT2D eigenvalue weighted by molar-refractivity contribution is 6.33. The van der Waals surface area contributed by atoms with Gasteiger partial charge in [0.1, 0.15) is 0 Å². The lowest BCUT2D eigenvalue weighted by Gasteiger charge is -1.87. The molecule has 0 saturated heterocycles. The van der Waals surface area contributed by atoms with Crippen molar-refractivity contribution in [3.63, 3.8) is 0 Å². The smallest absolute Gasteiger partial charge is 0.275 e. The second kappa shape index (κ2) is 2.10. The lowest BCUT2D eigenvalue weighted by molar-refractivity contribution is 0.613. The summed E-state index contributed by atoms with van der Waals surface area (Å²) in [5.74, 6) is 0. The van der Waals surface area contributed by atoms with Gasteiger partial charge >= 0.3 is 0 Å². The molecule has 11 heavy (non-hydrogen) atoms. The Morgan fingerprint density at radius 1 is 1.64 bits per heavy atom. The summed E-state index contributed by atoms with van der Waals surface area (Å²) in [6, 6.07) is 1.54. The minimum Gasteiger partial charge on any atom is -0.461 e. The fourth-order valence-electron chi connectivity index (χ4n) is 0.859. The summed E-state index contributed by atoms with van der Waals surface area (Å²) in [5, 5.41) is 6.34. The monoisotopic (exact) mass is 170 g/mol. The third kappa shape index (κ3) is 0.832. The van der Waals surface area contributed by atoms with E-state index in [1.165, 1.54) is 6.26 Å². The van der Waals surface area contributed by atoms with Crippen molar-refractivity contribution in [3.8, 4) is 0 Å². The van der Waals surface area contributed by atoms with Gasteiger partial charge in [0.25, 0.3) is 5.56 Å². The standard InChI is InChI=1S/C6H3ClN2O2/c7-5-4-3(1-2-11-4)6(10)9-8-5/h1-2H,(H,9,10). The van der Waals surface area contributed by atoms with Gasteiger partial charge in [0.2, 0.25) is 0 Å². The summed E-state index contributed by atoms with van der Waals surface area (Å²) in [6.45, 7) is 0. The van der Waals surface area contributed by atoms with Crippen LogP contribution in [0.2, 0.25) is 5.15 Å². The molecule has 5 heteroatoms. The van der Waals surface area contributed by atoms with E-state index in [9.17, 15) is 4.79 Å². The number of hydrogen-bond donors (Lipinski definition) is 1. The first kappa shape index (κ1) is 6.42. The molecule has 0 aliphatic heterocycles. The number of furan rings is 1. The molecule has 56 valence electrons. The molecule has 0 saturated carbocycles. The fraction of sp³-hybridized carbons (Fsp3) is 0. The Kier molecular flexibility index (Phi) is 1.22. The Bertz CT molecular complexity index is 445. The molecule has 0 fully saturated rings. The molecular weight excluding hydrogens is 168 g/mol. The van der Waals surface area contributed by atoms with Gasteiger partial charge in [-0.3, -0.25) is 4.79 Å². The lowest BCUT2D eigenvalue weighted by Crippen LogP contribution is -2.06. The number of H-pyrrole nitrogens is 1. The molecule has 2 rings (SSSR count). The predicted octanol–water partition coefficient (Wildman–Crippen LogP) is 1.17. The van der Waals surface area contributed by atoms with Crippen LogP contribution in [0.5, 0.6) is 0 Å².